The normalized spacial score (nSPS) is 13.7. The maximum absolute atomic E-state index is 11.7. The van der Waals surface area contributed by atoms with Crippen LogP contribution in [0.4, 0.5) is 0 Å². The molecule has 0 spiro atoms. The molecule has 1 unspecified atom stereocenters. The first kappa shape index (κ1) is 14.8. The smallest absolute Gasteiger partial charge is 0.324 e. The molecular weight excluding hydrogens is 249 g/mol. The van der Waals surface area contributed by atoms with Crippen molar-refractivity contribution < 1.29 is 14.3 Å². The molecule has 0 saturated heterocycles. The number of hydrogen-bond donors (Lipinski definition) is 1. The number of hydrogen-bond acceptors (Lipinski definition) is 4. The molecule has 0 aliphatic carbocycles. The molecule has 98 valence electrons. The molecule has 18 heavy (non-hydrogen) atoms. The summed E-state index contributed by atoms with van der Waals surface area (Å²) in [5, 5.41) is 2.77. The predicted molar refractivity (Wildman–Crippen MR) is 73.0 cm³/mol. The zero-order valence-corrected chi connectivity index (χ0v) is 11.5. The van der Waals surface area contributed by atoms with Crippen LogP contribution in [0.15, 0.2) is 30.3 Å². The monoisotopic (exact) mass is 267 g/mol. The van der Waals surface area contributed by atoms with Crippen molar-refractivity contribution in [3.8, 4) is 0 Å². The van der Waals surface area contributed by atoms with E-state index in [1.165, 1.54) is 0 Å². The summed E-state index contributed by atoms with van der Waals surface area (Å²) in [6.07, 6.45) is 1.31. The molecule has 0 fully saturated rings. The van der Waals surface area contributed by atoms with E-state index in [0.29, 0.717) is 13.0 Å². The van der Waals surface area contributed by atoms with E-state index in [1.807, 2.05) is 30.3 Å². The van der Waals surface area contributed by atoms with E-state index in [4.69, 9.17) is 4.74 Å². The highest BCUT2D eigenvalue weighted by Gasteiger charge is 2.28. The number of carbonyl (C=O) groups excluding carboxylic acids is 2. The van der Waals surface area contributed by atoms with Crippen LogP contribution < -0.4 is 5.09 Å². The minimum absolute atomic E-state index is 0.304. The summed E-state index contributed by atoms with van der Waals surface area (Å²) in [7, 11) is 2.27. The Morgan fingerprint density at radius 2 is 2.11 bits per heavy atom. The van der Waals surface area contributed by atoms with Crippen LogP contribution in [0.25, 0.3) is 0 Å². The summed E-state index contributed by atoms with van der Waals surface area (Å²) < 4.78 is 4.94. The van der Waals surface area contributed by atoms with E-state index < -0.39 is 17.9 Å². The molecule has 0 aromatic heterocycles. The summed E-state index contributed by atoms with van der Waals surface area (Å²) in [6, 6.07) is 8.96. The van der Waals surface area contributed by atoms with Gasteiger partial charge in [0, 0.05) is 5.92 Å². The highest BCUT2D eigenvalue weighted by Crippen LogP contribution is 2.13. The average Bonchev–Trinajstić information content (AvgIpc) is 2.40. The fourth-order valence-electron chi connectivity index (χ4n) is 1.73. The van der Waals surface area contributed by atoms with Gasteiger partial charge in [0.15, 0.2) is 0 Å². The van der Waals surface area contributed by atoms with Gasteiger partial charge in [-0.3, -0.25) is 9.88 Å². The Balaban J connectivity index is 2.74. The maximum Gasteiger partial charge on any atom is 0.324 e. The Kier molecular flexibility index (Phi) is 6.55. The quantitative estimate of drug-likeness (QED) is 0.460. The molecule has 3 atom stereocenters. The molecule has 0 amide bonds. The Hall–Kier alpha value is -1.25. The molecule has 1 aromatic rings. The molecule has 0 aliphatic rings. The minimum atomic E-state index is -0.632. The highest BCUT2D eigenvalue weighted by molar-refractivity contribution is 7.13. The third-order valence-corrected chi connectivity index (χ3v) is 3.00. The Morgan fingerprint density at radius 3 is 2.61 bits per heavy atom. The van der Waals surface area contributed by atoms with E-state index >= 15 is 0 Å². The zero-order valence-electron chi connectivity index (χ0n) is 10.3. The van der Waals surface area contributed by atoms with E-state index in [0.717, 1.165) is 11.8 Å². The standard InChI is InChI=1S/C13H18NO3P/c1-2-17-13(16)12(14-18)11(9-15)8-10-6-4-3-5-7-10/h3-7,9,11-12,14H,2,8,18H2,1H3/t11-,12+/m1/s1. The lowest BCUT2D eigenvalue weighted by atomic mass is 9.94. The molecule has 5 heteroatoms. The van der Waals surface area contributed by atoms with Crippen LogP contribution in [-0.2, 0) is 20.7 Å². The second-order valence-electron chi connectivity index (χ2n) is 3.89. The minimum Gasteiger partial charge on any atom is -0.465 e. The third kappa shape index (κ3) is 4.21. The van der Waals surface area contributed by atoms with Gasteiger partial charge in [-0.1, -0.05) is 39.7 Å². The average molecular weight is 267 g/mol. The second kappa shape index (κ2) is 7.96. The van der Waals surface area contributed by atoms with Crippen LogP contribution >= 0.6 is 9.39 Å². The van der Waals surface area contributed by atoms with E-state index in [-0.39, 0.29) is 0 Å². The molecule has 1 rings (SSSR count). The highest BCUT2D eigenvalue weighted by atomic mass is 31.0. The largest absolute Gasteiger partial charge is 0.465 e. The second-order valence-corrected chi connectivity index (χ2v) is 4.22. The number of benzene rings is 1. The van der Waals surface area contributed by atoms with Crippen LogP contribution in [-0.4, -0.2) is 24.9 Å². The molecule has 0 bridgehead atoms. The van der Waals surface area contributed by atoms with Gasteiger partial charge in [0.05, 0.1) is 6.61 Å². The number of esters is 1. The summed E-state index contributed by atoms with van der Waals surface area (Å²) >= 11 is 0. The number of ether oxygens (including phenoxy) is 1. The Morgan fingerprint density at radius 1 is 1.44 bits per heavy atom. The number of carbonyl (C=O) groups is 2. The van der Waals surface area contributed by atoms with Crippen molar-refractivity contribution in [1.29, 1.82) is 0 Å². The van der Waals surface area contributed by atoms with Gasteiger partial charge in [-0.15, -0.1) is 0 Å². The van der Waals surface area contributed by atoms with Gasteiger partial charge in [-0.05, 0) is 18.9 Å². The van der Waals surface area contributed by atoms with Crippen LogP contribution in [0.1, 0.15) is 12.5 Å². The van der Waals surface area contributed by atoms with Gasteiger partial charge >= 0.3 is 5.97 Å². The fourth-order valence-corrected chi connectivity index (χ4v) is 2.11. The summed E-state index contributed by atoms with van der Waals surface area (Å²) in [5.74, 6) is -0.843. The summed E-state index contributed by atoms with van der Waals surface area (Å²) in [5.41, 5.74) is 1.02. The maximum atomic E-state index is 11.7. The van der Waals surface area contributed by atoms with Gasteiger partial charge in [-0.2, -0.15) is 0 Å². The van der Waals surface area contributed by atoms with Crippen LogP contribution in [0.2, 0.25) is 0 Å². The lowest BCUT2D eigenvalue weighted by Gasteiger charge is -2.20. The van der Waals surface area contributed by atoms with Crippen molar-refractivity contribution >= 4 is 21.6 Å². The van der Waals surface area contributed by atoms with Gasteiger partial charge in [0.25, 0.3) is 0 Å². The topological polar surface area (TPSA) is 55.4 Å². The van der Waals surface area contributed by atoms with Crippen LogP contribution in [0, 0.1) is 5.92 Å². The van der Waals surface area contributed by atoms with Crippen molar-refractivity contribution in [2.75, 3.05) is 6.61 Å². The van der Waals surface area contributed by atoms with E-state index in [1.54, 1.807) is 6.92 Å². The van der Waals surface area contributed by atoms with Gasteiger partial charge in [-0.25, -0.2) is 0 Å². The molecule has 4 nitrogen and oxygen atoms in total. The first-order valence-electron chi connectivity index (χ1n) is 5.84. The first-order chi connectivity index (χ1) is 8.72. The molecule has 0 aliphatic heterocycles. The zero-order chi connectivity index (χ0) is 13.4. The molecular formula is C13H18NO3P. The van der Waals surface area contributed by atoms with Gasteiger partial charge in [0.2, 0.25) is 0 Å². The summed E-state index contributed by atoms with van der Waals surface area (Å²) in [6.45, 7) is 2.05. The van der Waals surface area contributed by atoms with Crippen molar-refractivity contribution in [3.63, 3.8) is 0 Å². The van der Waals surface area contributed by atoms with Gasteiger partial charge < -0.3 is 9.53 Å². The predicted octanol–water partition coefficient (Wildman–Crippen LogP) is 1.36. The van der Waals surface area contributed by atoms with Crippen LogP contribution in [0.3, 0.4) is 0 Å². The fraction of sp³-hybridized carbons (Fsp3) is 0.385. The van der Waals surface area contributed by atoms with E-state index in [9.17, 15) is 9.59 Å². The third-order valence-electron chi connectivity index (χ3n) is 2.64. The SMILES string of the molecule is CCOC(=O)[C@@H](NP)[C@@H](C=O)Cc1ccccc1. The first-order valence-corrected chi connectivity index (χ1v) is 6.42. The number of aldehydes is 1. The molecule has 1 N–H and O–H groups in total. The Bertz CT molecular complexity index is 383. The van der Waals surface area contributed by atoms with E-state index in [2.05, 4.69) is 14.5 Å². The van der Waals surface area contributed by atoms with Crippen LogP contribution in [0.5, 0.6) is 0 Å². The molecule has 0 heterocycles. The number of nitrogens with one attached hydrogen (secondary N) is 1. The molecule has 0 radical (unpaired) electrons. The van der Waals surface area contributed by atoms with Crippen molar-refractivity contribution in [2.45, 2.75) is 19.4 Å². The lowest BCUT2D eigenvalue weighted by Crippen LogP contribution is -2.41. The number of rotatable bonds is 7. The lowest BCUT2D eigenvalue weighted by molar-refractivity contribution is -0.147. The van der Waals surface area contributed by atoms with Crippen molar-refractivity contribution in [2.24, 2.45) is 5.92 Å². The summed E-state index contributed by atoms with van der Waals surface area (Å²) in [4.78, 5) is 22.9. The molecule has 1 aromatic carbocycles. The van der Waals surface area contributed by atoms with Gasteiger partial charge in [0.1, 0.15) is 12.3 Å². The van der Waals surface area contributed by atoms with Crippen molar-refractivity contribution in [3.05, 3.63) is 35.9 Å². The molecule has 0 saturated carbocycles. The Labute approximate surface area is 109 Å². The van der Waals surface area contributed by atoms with Crippen molar-refractivity contribution in [1.82, 2.24) is 5.09 Å².